The van der Waals surface area contributed by atoms with Gasteiger partial charge in [-0.2, -0.15) is 0 Å². The molecule has 1 N–H and O–H groups in total. The maximum atomic E-state index is 12.5. The lowest BCUT2D eigenvalue weighted by Gasteiger charge is -2.14. The van der Waals surface area contributed by atoms with E-state index in [0.29, 0.717) is 28.5 Å². The molecule has 2 aromatic heterocycles. The molecule has 0 aliphatic carbocycles. The number of hydrogen-bond donors (Lipinski definition) is 1. The molecule has 140 valence electrons. The smallest absolute Gasteiger partial charge is 0.270 e. The number of nitrogens with zero attached hydrogens (tertiary/aromatic N) is 2. The molecule has 0 saturated heterocycles. The maximum absolute atomic E-state index is 12.5. The van der Waals surface area contributed by atoms with Gasteiger partial charge in [0.25, 0.3) is 11.5 Å². The number of ether oxygens (including phenoxy) is 3. The monoisotopic (exact) mass is 369 g/mol. The summed E-state index contributed by atoms with van der Waals surface area (Å²) in [4.78, 5) is 29.1. The van der Waals surface area contributed by atoms with Crippen LogP contribution in [0.3, 0.4) is 0 Å². The van der Waals surface area contributed by atoms with Crippen LogP contribution >= 0.6 is 0 Å². The molecule has 0 fully saturated rings. The average Bonchev–Trinajstić information content (AvgIpc) is 2.71. The molecule has 0 bridgehead atoms. The van der Waals surface area contributed by atoms with Crippen LogP contribution in [0.15, 0.2) is 47.5 Å². The molecular formula is C19H19N3O5. The molecule has 3 aromatic rings. The molecule has 0 unspecified atom stereocenters. The van der Waals surface area contributed by atoms with Gasteiger partial charge in [0.2, 0.25) is 0 Å². The number of carbonyl (C=O) groups is 1. The van der Waals surface area contributed by atoms with Gasteiger partial charge in [0.05, 0.1) is 21.3 Å². The van der Waals surface area contributed by atoms with Crippen molar-refractivity contribution in [3.8, 4) is 17.2 Å². The van der Waals surface area contributed by atoms with Crippen LogP contribution in [-0.4, -0.2) is 36.6 Å². The third-order valence-electron chi connectivity index (χ3n) is 4.08. The van der Waals surface area contributed by atoms with Crippen LogP contribution in [0, 0.1) is 0 Å². The molecule has 0 radical (unpaired) electrons. The summed E-state index contributed by atoms with van der Waals surface area (Å²) in [7, 11) is 4.57. The molecule has 3 rings (SSSR count). The number of fused-ring (bicyclic) bond motifs is 1. The number of hydrogen-bond acceptors (Lipinski definition) is 6. The molecule has 0 aliphatic heterocycles. The van der Waals surface area contributed by atoms with Gasteiger partial charge >= 0.3 is 0 Å². The molecule has 1 aromatic carbocycles. The Labute approximate surface area is 155 Å². The van der Waals surface area contributed by atoms with E-state index in [2.05, 4.69) is 10.3 Å². The van der Waals surface area contributed by atoms with Crippen LogP contribution in [-0.2, 0) is 6.54 Å². The fourth-order valence-corrected chi connectivity index (χ4v) is 2.68. The van der Waals surface area contributed by atoms with E-state index in [1.807, 2.05) is 0 Å². The second-order valence-electron chi connectivity index (χ2n) is 5.61. The third kappa shape index (κ3) is 3.55. The summed E-state index contributed by atoms with van der Waals surface area (Å²) in [5, 5.41) is 2.72. The Bertz CT molecular complexity index is 1050. The summed E-state index contributed by atoms with van der Waals surface area (Å²) in [6, 6.07) is 8.55. The summed E-state index contributed by atoms with van der Waals surface area (Å²) in [6.07, 6.45) is 2.84. The fourth-order valence-electron chi connectivity index (χ4n) is 2.68. The van der Waals surface area contributed by atoms with Gasteiger partial charge in [-0.05, 0) is 18.2 Å². The highest BCUT2D eigenvalue weighted by Gasteiger charge is 2.16. The Morgan fingerprint density at radius 3 is 2.48 bits per heavy atom. The quantitative estimate of drug-likeness (QED) is 0.710. The summed E-state index contributed by atoms with van der Waals surface area (Å²) < 4.78 is 17.2. The van der Waals surface area contributed by atoms with Crippen molar-refractivity contribution in [2.75, 3.05) is 21.3 Å². The molecule has 8 nitrogen and oxygen atoms in total. The normalized spacial score (nSPS) is 10.5. The number of rotatable bonds is 6. The molecular weight excluding hydrogens is 350 g/mol. The van der Waals surface area contributed by atoms with Gasteiger partial charge in [0.15, 0.2) is 11.5 Å². The van der Waals surface area contributed by atoms with Crippen LogP contribution in [0.5, 0.6) is 17.2 Å². The lowest BCUT2D eigenvalue weighted by Crippen LogP contribution is -2.31. The fraction of sp³-hybridized carbons (Fsp3) is 0.211. The number of pyridine rings is 1. The minimum absolute atomic E-state index is 0.0434. The van der Waals surface area contributed by atoms with Crippen LogP contribution in [0.25, 0.3) is 5.65 Å². The molecule has 0 aliphatic rings. The first-order valence-electron chi connectivity index (χ1n) is 8.12. The van der Waals surface area contributed by atoms with E-state index >= 15 is 0 Å². The van der Waals surface area contributed by atoms with Crippen molar-refractivity contribution in [1.29, 1.82) is 0 Å². The Balaban J connectivity index is 1.86. The molecule has 1 amide bonds. The van der Waals surface area contributed by atoms with E-state index in [1.54, 1.807) is 36.5 Å². The zero-order valence-electron chi connectivity index (χ0n) is 15.2. The summed E-state index contributed by atoms with van der Waals surface area (Å²) in [5.41, 5.74) is 0.675. The number of benzene rings is 1. The number of methoxy groups -OCH3 is 3. The average molecular weight is 369 g/mol. The largest absolute Gasteiger partial charge is 0.496 e. The van der Waals surface area contributed by atoms with Gasteiger partial charge in [-0.1, -0.05) is 6.07 Å². The second kappa shape index (κ2) is 7.77. The molecule has 2 heterocycles. The number of carbonyl (C=O) groups excluding carboxylic acids is 1. The van der Waals surface area contributed by atoms with Crippen LogP contribution in [0.2, 0.25) is 0 Å². The highest BCUT2D eigenvalue weighted by atomic mass is 16.5. The topological polar surface area (TPSA) is 91.2 Å². The highest BCUT2D eigenvalue weighted by molar-refractivity contribution is 5.93. The Kier molecular flexibility index (Phi) is 5.25. The first-order valence-corrected chi connectivity index (χ1v) is 8.12. The second-order valence-corrected chi connectivity index (χ2v) is 5.61. The van der Waals surface area contributed by atoms with Crippen molar-refractivity contribution < 1.29 is 19.0 Å². The predicted octanol–water partition coefficient (Wildman–Crippen LogP) is 1.65. The van der Waals surface area contributed by atoms with E-state index in [9.17, 15) is 9.59 Å². The number of nitrogens with one attached hydrogen (secondary N) is 1. The van der Waals surface area contributed by atoms with E-state index in [-0.39, 0.29) is 12.1 Å². The number of amides is 1. The predicted molar refractivity (Wildman–Crippen MR) is 98.7 cm³/mol. The van der Waals surface area contributed by atoms with Crippen molar-refractivity contribution in [1.82, 2.24) is 14.7 Å². The molecule has 0 atom stereocenters. The minimum atomic E-state index is -0.525. The highest BCUT2D eigenvalue weighted by Crippen LogP contribution is 2.34. The van der Waals surface area contributed by atoms with Crippen molar-refractivity contribution in [3.63, 3.8) is 0 Å². The third-order valence-corrected chi connectivity index (χ3v) is 4.08. The maximum Gasteiger partial charge on any atom is 0.270 e. The first kappa shape index (κ1) is 18.2. The summed E-state index contributed by atoms with van der Waals surface area (Å²) in [6.45, 7) is 0.138. The first-order chi connectivity index (χ1) is 13.1. The van der Waals surface area contributed by atoms with Crippen LogP contribution in [0.4, 0.5) is 0 Å². The SMILES string of the molecule is COc1cc(OC)c(OC)cc1CNC(=O)c1cnc2ccccn2c1=O. The Morgan fingerprint density at radius 1 is 1.07 bits per heavy atom. The van der Waals surface area contributed by atoms with Gasteiger partial charge in [0.1, 0.15) is 17.0 Å². The van der Waals surface area contributed by atoms with Gasteiger partial charge in [0, 0.05) is 30.6 Å². The molecule has 0 saturated carbocycles. The van der Waals surface area contributed by atoms with E-state index in [4.69, 9.17) is 14.2 Å². The molecule has 8 heteroatoms. The molecule has 0 spiro atoms. The number of aromatic nitrogens is 2. The molecule has 27 heavy (non-hydrogen) atoms. The lowest BCUT2D eigenvalue weighted by atomic mass is 10.1. The van der Waals surface area contributed by atoms with Gasteiger partial charge in [-0.25, -0.2) is 4.98 Å². The zero-order valence-corrected chi connectivity index (χ0v) is 15.2. The van der Waals surface area contributed by atoms with E-state index in [1.165, 1.54) is 31.9 Å². The van der Waals surface area contributed by atoms with E-state index < -0.39 is 11.5 Å². The van der Waals surface area contributed by atoms with Crippen molar-refractivity contribution in [2.24, 2.45) is 0 Å². The summed E-state index contributed by atoms with van der Waals surface area (Å²) >= 11 is 0. The Hall–Kier alpha value is -3.55. The Morgan fingerprint density at radius 2 is 1.78 bits per heavy atom. The van der Waals surface area contributed by atoms with Crippen LogP contribution < -0.4 is 25.1 Å². The van der Waals surface area contributed by atoms with Gasteiger partial charge < -0.3 is 19.5 Å². The van der Waals surface area contributed by atoms with Crippen molar-refractivity contribution in [3.05, 3.63) is 64.2 Å². The lowest BCUT2D eigenvalue weighted by molar-refractivity contribution is 0.0948. The van der Waals surface area contributed by atoms with Crippen LogP contribution in [0.1, 0.15) is 15.9 Å². The van der Waals surface area contributed by atoms with Gasteiger partial charge in [-0.15, -0.1) is 0 Å². The van der Waals surface area contributed by atoms with E-state index in [0.717, 1.165) is 0 Å². The zero-order chi connectivity index (χ0) is 19.4. The standard InChI is InChI=1S/C19H19N3O5/c1-25-14-9-16(27-3)15(26-2)8-12(14)10-21-18(23)13-11-20-17-6-4-5-7-22(17)19(13)24/h4-9,11H,10H2,1-3H3,(H,21,23). The van der Waals surface area contributed by atoms with Crippen molar-refractivity contribution >= 4 is 11.6 Å². The summed E-state index contributed by atoms with van der Waals surface area (Å²) in [5.74, 6) is 1.03. The van der Waals surface area contributed by atoms with Gasteiger partial charge in [-0.3, -0.25) is 14.0 Å². The van der Waals surface area contributed by atoms with Crippen molar-refractivity contribution in [2.45, 2.75) is 6.54 Å². The minimum Gasteiger partial charge on any atom is -0.496 e.